The van der Waals surface area contributed by atoms with Crippen molar-refractivity contribution in [2.75, 3.05) is 14.2 Å². The van der Waals surface area contributed by atoms with Crippen molar-refractivity contribution in [2.24, 2.45) is 0 Å². The summed E-state index contributed by atoms with van der Waals surface area (Å²) in [7, 11) is 2.57. The highest BCUT2D eigenvalue weighted by atomic mass is 31.1. The molecule has 5 aromatic carbocycles. The maximum absolute atomic E-state index is 6.06. The highest BCUT2D eigenvalue weighted by Crippen LogP contribution is 2.47. The van der Waals surface area contributed by atoms with Crippen LogP contribution < -0.4 is 25.4 Å². The zero-order valence-electron chi connectivity index (χ0n) is 21.9. The Morgan fingerprint density at radius 3 is 1.77 bits per heavy atom. The van der Waals surface area contributed by atoms with Gasteiger partial charge in [0.15, 0.2) is 0 Å². The highest BCUT2D eigenvalue weighted by Gasteiger charge is 2.26. The lowest BCUT2D eigenvalue weighted by Crippen LogP contribution is -2.22. The van der Waals surface area contributed by atoms with Crippen LogP contribution in [-0.4, -0.2) is 19.2 Å². The second-order valence-corrected chi connectivity index (χ2v) is 11.3. The van der Waals surface area contributed by atoms with E-state index in [1.165, 1.54) is 15.9 Å². The molecule has 39 heavy (non-hydrogen) atoms. The van der Waals surface area contributed by atoms with Gasteiger partial charge in [-0.05, 0) is 48.1 Å². The molecule has 0 spiro atoms. The summed E-state index contributed by atoms with van der Waals surface area (Å²) in [6.07, 6.45) is 0. The molecule has 0 unspecified atom stereocenters. The monoisotopic (exact) mass is 525 g/mol. The number of fused-ring (bicyclic) bond motifs is 1. The van der Waals surface area contributed by atoms with Crippen molar-refractivity contribution in [3.63, 3.8) is 0 Å². The van der Waals surface area contributed by atoms with Crippen molar-refractivity contribution in [3.8, 4) is 33.9 Å². The van der Waals surface area contributed by atoms with Crippen molar-refractivity contribution >= 4 is 34.7 Å². The van der Waals surface area contributed by atoms with Gasteiger partial charge in [-0.1, -0.05) is 109 Å². The molecule has 6 aromatic rings. The van der Waals surface area contributed by atoms with Crippen LogP contribution in [0.25, 0.3) is 33.3 Å². The first-order chi connectivity index (χ1) is 19.3. The maximum atomic E-state index is 6.06. The minimum absolute atomic E-state index is 0.782. The Bertz CT molecular complexity index is 1700. The second-order valence-electron chi connectivity index (χ2n) is 9.13. The molecule has 0 saturated carbocycles. The lowest BCUT2D eigenvalue weighted by molar-refractivity contribution is 0.410. The predicted octanol–water partition coefficient (Wildman–Crippen LogP) is 7.34. The molecule has 1 heterocycles. The molecule has 0 saturated heterocycles. The molecule has 0 aliphatic carbocycles. The van der Waals surface area contributed by atoms with E-state index < -0.39 is 7.92 Å². The Kier molecular flexibility index (Phi) is 7.08. The largest absolute Gasteiger partial charge is 0.496 e. The van der Waals surface area contributed by atoms with Crippen LogP contribution in [0.3, 0.4) is 0 Å². The van der Waals surface area contributed by atoms with Crippen LogP contribution in [0.4, 0.5) is 0 Å². The molecule has 4 heteroatoms. The van der Waals surface area contributed by atoms with E-state index in [-0.39, 0.29) is 0 Å². The summed E-state index contributed by atoms with van der Waals surface area (Å²) in [5.74, 6) is 1.59. The molecule has 0 fully saturated rings. The number of pyridine rings is 1. The molecule has 1 aromatic heterocycles. The van der Waals surface area contributed by atoms with Gasteiger partial charge in [0.2, 0.25) is 0 Å². The van der Waals surface area contributed by atoms with Gasteiger partial charge in [0.1, 0.15) is 11.5 Å². The number of ether oxygens (including phenoxy) is 2. The molecule has 3 nitrogen and oxygen atoms in total. The Morgan fingerprint density at radius 1 is 0.513 bits per heavy atom. The Balaban J connectivity index is 1.67. The fourth-order valence-corrected chi connectivity index (χ4v) is 7.57. The third-order valence-corrected chi connectivity index (χ3v) is 9.35. The van der Waals surface area contributed by atoms with Crippen LogP contribution in [0, 0.1) is 0 Å². The quantitative estimate of drug-likeness (QED) is 0.204. The molecule has 0 aliphatic rings. The SMILES string of the molecule is COc1cccc(-c2ccc3ccccc3n2)c1-c1c(OC)cccc1P(c1ccccc1)c1ccccc1. The van der Waals surface area contributed by atoms with Gasteiger partial charge in [-0.25, -0.2) is 4.98 Å². The second kappa shape index (κ2) is 11.1. The number of hydrogen-bond acceptors (Lipinski definition) is 3. The summed E-state index contributed by atoms with van der Waals surface area (Å²) in [4.78, 5) is 5.06. The first kappa shape index (κ1) is 24.9. The highest BCUT2D eigenvalue weighted by molar-refractivity contribution is 7.80. The van der Waals surface area contributed by atoms with Crippen molar-refractivity contribution in [3.05, 3.63) is 133 Å². The van der Waals surface area contributed by atoms with Gasteiger partial charge >= 0.3 is 0 Å². The van der Waals surface area contributed by atoms with E-state index >= 15 is 0 Å². The first-order valence-electron chi connectivity index (χ1n) is 12.9. The summed E-state index contributed by atoms with van der Waals surface area (Å²) in [6.45, 7) is 0. The Hall–Kier alpha value is -4.46. The van der Waals surface area contributed by atoms with Gasteiger partial charge in [-0.3, -0.25) is 0 Å². The molecular weight excluding hydrogens is 497 g/mol. The summed E-state index contributed by atoms with van der Waals surface area (Å²) in [6, 6.07) is 46.4. The van der Waals surface area contributed by atoms with Gasteiger partial charge < -0.3 is 9.47 Å². The standard InChI is InChI=1S/C35H28NO2P/c1-37-31-20-11-18-28(30-24-23-25-13-9-10-19-29(25)36-30)34(31)35-32(38-2)21-12-22-33(35)39(26-14-5-3-6-15-26)27-16-7-4-8-17-27/h3-24H,1-2H3. The first-order valence-corrected chi connectivity index (χ1v) is 14.2. The fourth-order valence-electron chi connectivity index (χ4n) is 5.10. The number of benzene rings is 5. The normalized spacial score (nSPS) is 11.1. The molecule has 6 rings (SSSR count). The third-order valence-electron chi connectivity index (χ3n) is 6.86. The van der Waals surface area contributed by atoms with Gasteiger partial charge in [-0.15, -0.1) is 0 Å². The van der Waals surface area contributed by atoms with Gasteiger partial charge in [0.05, 0.1) is 25.4 Å². The zero-order chi connectivity index (χ0) is 26.6. The summed E-state index contributed by atoms with van der Waals surface area (Å²) in [5.41, 5.74) is 4.86. The number of hydrogen-bond donors (Lipinski definition) is 0. The van der Waals surface area contributed by atoms with Crippen molar-refractivity contribution in [1.29, 1.82) is 0 Å². The summed E-state index contributed by atoms with van der Waals surface area (Å²) in [5, 5.41) is 4.86. The molecule has 0 aliphatic heterocycles. The van der Waals surface area contributed by atoms with Crippen molar-refractivity contribution in [1.82, 2.24) is 4.98 Å². The molecule has 190 valence electrons. The fraction of sp³-hybridized carbons (Fsp3) is 0.0571. The Labute approximate surface area is 230 Å². The third kappa shape index (κ3) is 4.78. The minimum Gasteiger partial charge on any atom is -0.496 e. The van der Waals surface area contributed by atoms with E-state index in [2.05, 4.69) is 103 Å². The van der Waals surface area contributed by atoms with Crippen LogP contribution in [0.5, 0.6) is 11.5 Å². The number of methoxy groups -OCH3 is 2. The lowest BCUT2D eigenvalue weighted by Gasteiger charge is -2.25. The van der Waals surface area contributed by atoms with E-state index in [9.17, 15) is 0 Å². The number of para-hydroxylation sites is 1. The van der Waals surface area contributed by atoms with Crippen LogP contribution in [0.1, 0.15) is 0 Å². The van der Waals surface area contributed by atoms with E-state index in [0.717, 1.165) is 44.8 Å². The molecule has 0 bridgehead atoms. The molecule has 0 amide bonds. The van der Waals surface area contributed by atoms with Crippen molar-refractivity contribution in [2.45, 2.75) is 0 Å². The van der Waals surface area contributed by atoms with Gasteiger partial charge in [0, 0.05) is 22.1 Å². The smallest absolute Gasteiger partial charge is 0.127 e. The van der Waals surface area contributed by atoms with E-state index in [0.29, 0.717) is 0 Å². The van der Waals surface area contributed by atoms with E-state index in [1.807, 2.05) is 30.3 Å². The molecular formula is C35H28NO2P. The summed E-state index contributed by atoms with van der Waals surface area (Å²) >= 11 is 0. The number of nitrogens with zero attached hydrogens (tertiary/aromatic N) is 1. The Morgan fingerprint density at radius 2 is 1.10 bits per heavy atom. The van der Waals surface area contributed by atoms with Crippen LogP contribution >= 0.6 is 7.92 Å². The molecule has 0 atom stereocenters. The lowest BCUT2D eigenvalue weighted by atomic mass is 9.95. The van der Waals surface area contributed by atoms with Crippen molar-refractivity contribution < 1.29 is 9.47 Å². The topological polar surface area (TPSA) is 31.4 Å². The minimum atomic E-state index is -0.895. The number of aromatic nitrogens is 1. The van der Waals surface area contributed by atoms with Gasteiger partial charge in [0.25, 0.3) is 0 Å². The number of rotatable bonds is 7. The van der Waals surface area contributed by atoms with E-state index in [4.69, 9.17) is 14.5 Å². The summed E-state index contributed by atoms with van der Waals surface area (Å²) < 4.78 is 12.1. The zero-order valence-corrected chi connectivity index (χ0v) is 22.8. The average molecular weight is 526 g/mol. The van der Waals surface area contributed by atoms with Crippen LogP contribution in [0.2, 0.25) is 0 Å². The maximum Gasteiger partial charge on any atom is 0.127 e. The predicted molar refractivity (Wildman–Crippen MR) is 164 cm³/mol. The van der Waals surface area contributed by atoms with Crippen LogP contribution in [0.15, 0.2) is 133 Å². The van der Waals surface area contributed by atoms with Gasteiger partial charge in [-0.2, -0.15) is 0 Å². The van der Waals surface area contributed by atoms with E-state index in [1.54, 1.807) is 14.2 Å². The van der Waals surface area contributed by atoms with Crippen LogP contribution in [-0.2, 0) is 0 Å². The molecule has 0 radical (unpaired) electrons. The molecule has 0 N–H and O–H groups in total. The average Bonchev–Trinajstić information content (AvgIpc) is 3.01.